The third-order valence-electron chi connectivity index (χ3n) is 2.51. The Morgan fingerprint density at radius 3 is 2.80 bits per heavy atom. The number of nitrogens with zero attached hydrogens (tertiary/aromatic N) is 3. The van der Waals surface area contributed by atoms with E-state index in [1.807, 2.05) is 13.1 Å². The average Bonchev–Trinajstić information content (AvgIpc) is 2.31. The Balaban J connectivity index is 1.96. The van der Waals surface area contributed by atoms with Crippen LogP contribution in [0.4, 0.5) is 11.8 Å². The third-order valence-corrected chi connectivity index (χ3v) is 2.51. The molecule has 1 aliphatic heterocycles. The molecule has 0 aliphatic carbocycles. The standard InChI is InChI=1S/C10H17N5/c1-11-10-12-6-5-9(13-10)14-15-7-3-2-4-8-15/h5-6H,2-4,7-8H2,1H3,(H2,11,12,13,14). The number of piperidine rings is 1. The predicted octanol–water partition coefficient (Wildman–Crippen LogP) is 1.33. The summed E-state index contributed by atoms with van der Waals surface area (Å²) in [5.74, 6) is 1.51. The lowest BCUT2D eigenvalue weighted by atomic mass is 10.2. The van der Waals surface area contributed by atoms with E-state index in [0.29, 0.717) is 5.95 Å². The largest absolute Gasteiger partial charge is 0.357 e. The molecular formula is C10H17N5. The lowest BCUT2D eigenvalue weighted by Crippen LogP contribution is -2.35. The number of rotatable bonds is 3. The summed E-state index contributed by atoms with van der Waals surface area (Å²) in [5, 5.41) is 5.14. The Kier molecular flexibility index (Phi) is 3.34. The minimum absolute atomic E-state index is 0.650. The molecule has 0 spiro atoms. The van der Waals surface area contributed by atoms with Gasteiger partial charge in [-0.15, -0.1) is 0 Å². The van der Waals surface area contributed by atoms with E-state index in [1.54, 1.807) is 6.20 Å². The van der Waals surface area contributed by atoms with Crippen molar-refractivity contribution in [1.82, 2.24) is 15.0 Å². The first-order chi connectivity index (χ1) is 7.38. The monoisotopic (exact) mass is 207 g/mol. The highest BCUT2D eigenvalue weighted by atomic mass is 15.5. The number of hydrogen-bond donors (Lipinski definition) is 2. The van der Waals surface area contributed by atoms with Crippen LogP contribution >= 0.6 is 0 Å². The summed E-state index contributed by atoms with van der Waals surface area (Å²) in [6.07, 6.45) is 5.61. The van der Waals surface area contributed by atoms with Gasteiger partial charge in [-0.3, -0.25) is 0 Å². The molecule has 0 bridgehead atoms. The van der Waals surface area contributed by atoms with E-state index in [1.165, 1.54) is 19.3 Å². The number of anilines is 2. The summed E-state index contributed by atoms with van der Waals surface area (Å²) >= 11 is 0. The Morgan fingerprint density at radius 2 is 2.07 bits per heavy atom. The molecule has 1 aliphatic rings. The fourth-order valence-corrected chi connectivity index (χ4v) is 1.71. The molecule has 0 aromatic carbocycles. The highest BCUT2D eigenvalue weighted by Gasteiger charge is 2.10. The molecule has 0 atom stereocenters. The number of hydrazine groups is 1. The Hall–Kier alpha value is -1.36. The molecule has 2 heterocycles. The van der Waals surface area contributed by atoms with Crippen molar-refractivity contribution >= 4 is 11.8 Å². The summed E-state index contributed by atoms with van der Waals surface area (Å²) in [5.41, 5.74) is 3.30. The summed E-state index contributed by atoms with van der Waals surface area (Å²) in [6, 6.07) is 1.88. The maximum absolute atomic E-state index is 4.31. The second-order valence-corrected chi connectivity index (χ2v) is 3.67. The Labute approximate surface area is 89.9 Å². The van der Waals surface area contributed by atoms with E-state index in [0.717, 1.165) is 18.9 Å². The zero-order valence-corrected chi connectivity index (χ0v) is 9.03. The van der Waals surface area contributed by atoms with Crippen LogP contribution in [0, 0.1) is 0 Å². The van der Waals surface area contributed by atoms with Gasteiger partial charge in [0.05, 0.1) is 0 Å². The SMILES string of the molecule is CNc1nccc(NN2CCCCC2)n1. The van der Waals surface area contributed by atoms with Crippen LogP contribution < -0.4 is 10.7 Å². The molecule has 2 N–H and O–H groups in total. The van der Waals surface area contributed by atoms with Crippen LogP contribution in [0.3, 0.4) is 0 Å². The van der Waals surface area contributed by atoms with Gasteiger partial charge in [0.15, 0.2) is 0 Å². The van der Waals surface area contributed by atoms with Crippen molar-refractivity contribution in [2.24, 2.45) is 0 Å². The molecular weight excluding hydrogens is 190 g/mol. The lowest BCUT2D eigenvalue weighted by Gasteiger charge is -2.27. The molecule has 0 saturated carbocycles. The van der Waals surface area contributed by atoms with Crippen molar-refractivity contribution in [3.63, 3.8) is 0 Å². The van der Waals surface area contributed by atoms with E-state index in [4.69, 9.17) is 0 Å². The van der Waals surface area contributed by atoms with Gasteiger partial charge in [-0.25, -0.2) is 9.99 Å². The van der Waals surface area contributed by atoms with Crippen LogP contribution in [0.1, 0.15) is 19.3 Å². The van der Waals surface area contributed by atoms with Crippen LogP contribution in [0.2, 0.25) is 0 Å². The van der Waals surface area contributed by atoms with E-state index in [-0.39, 0.29) is 0 Å². The molecule has 1 fully saturated rings. The van der Waals surface area contributed by atoms with Crippen molar-refractivity contribution < 1.29 is 0 Å². The van der Waals surface area contributed by atoms with Crippen LogP contribution in [-0.2, 0) is 0 Å². The van der Waals surface area contributed by atoms with Crippen molar-refractivity contribution in [2.75, 3.05) is 30.9 Å². The van der Waals surface area contributed by atoms with Gasteiger partial charge in [0.25, 0.3) is 0 Å². The van der Waals surface area contributed by atoms with Gasteiger partial charge in [-0.2, -0.15) is 4.98 Å². The fourth-order valence-electron chi connectivity index (χ4n) is 1.71. The first-order valence-corrected chi connectivity index (χ1v) is 5.41. The molecule has 1 saturated heterocycles. The second-order valence-electron chi connectivity index (χ2n) is 3.67. The van der Waals surface area contributed by atoms with Gasteiger partial charge in [-0.05, 0) is 12.8 Å². The molecule has 0 radical (unpaired) electrons. The summed E-state index contributed by atoms with van der Waals surface area (Å²) in [4.78, 5) is 8.38. The van der Waals surface area contributed by atoms with Crippen LogP contribution in [0.5, 0.6) is 0 Å². The predicted molar refractivity (Wildman–Crippen MR) is 60.6 cm³/mol. The summed E-state index contributed by atoms with van der Waals surface area (Å²) in [6.45, 7) is 2.19. The first-order valence-electron chi connectivity index (χ1n) is 5.41. The molecule has 0 unspecified atom stereocenters. The quantitative estimate of drug-likeness (QED) is 0.783. The Bertz CT molecular complexity index is 308. The zero-order chi connectivity index (χ0) is 10.5. The van der Waals surface area contributed by atoms with Crippen LogP contribution in [0.15, 0.2) is 12.3 Å². The van der Waals surface area contributed by atoms with E-state index in [2.05, 4.69) is 25.7 Å². The molecule has 5 heteroatoms. The minimum atomic E-state index is 0.650. The molecule has 0 amide bonds. The lowest BCUT2D eigenvalue weighted by molar-refractivity contribution is 0.272. The first kappa shape index (κ1) is 10.2. The topological polar surface area (TPSA) is 53.1 Å². The average molecular weight is 207 g/mol. The summed E-state index contributed by atoms with van der Waals surface area (Å²) in [7, 11) is 1.82. The van der Waals surface area contributed by atoms with Gasteiger partial charge in [0, 0.05) is 32.4 Å². The number of aromatic nitrogens is 2. The van der Waals surface area contributed by atoms with Crippen LogP contribution in [-0.4, -0.2) is 35.1 Å². The van der Waals surface area contributed by atoms with Gasteiger partial charge in [0.2, 0.25) is 5.95 Å². The van der Waals surface area contributed by atoms with Gasteiger partial charge < -0.3 is 10.7 Å². The summed E-state index contributed by atoms with van der Waals surface area (Å²) < 4.78 is 0. The maximum atomic E-state index is 4.31. The second kappa shape index (κ2) is 4.93. The fraction of sp³-hybridized carbons (Fsp3) is 0.600. The number of nitrogens with one attached hydrogen (secondary N) is 2. The van der Waals surface area contributed by atoms with Gasteiger partial charge >= 0.3 is 0 Å². The molecule has 1 aromatic heterocycles. The Morgan fingerprint density at radius 1 is 1.27 bits per heavy atom. The smallest absolute Gasteiger partial charge is 0.224 e. The van der Waals surface area contributed by atoms with Crippen molar-refractivity contribution in [3.05, 3.63) is 12.3 Å². The van der Waals surface area contributed by atoms with Crippen LogP contribution in [0.25, 0.3) is 0 Å². The number of hydrogen-bond acceptors (Lipinski definition) is 5. The highest BCUT2D eigenvalue weighted by molar-refractivity contribution is 5.38. The molecule has 15 heavy (non-hydrogen) atoms. The minimum Gasteiger partial charge on any atom is -0.357 e. The van der Waals surface area contributed by atoms with Crippen molar-refractivity contribution in [2.45, 2.75) is 19.3 Å². The maximum Gasteiger partial charge on any atom is 0.224 e. The molecule has 2 rings (SSSR count). The van der Waals surface area contributed by atoms with Crippen molar-refractivity contribution in [3.8, 4) is 0 Å². The van der Waals surface area contributed by atoms with Crippen molar-refractivity contribution in [1.29, 1.82) is 0 Å². The highest BCUT2D eigenvalue weighted by Crippen LogP contribution is 2.11. The zero-order valence-electron chi connectivity index (χ0n) is 9.03. The van der Waals surface area contributed by atoms with Gasteiger partial charge in [0.1, 0.15) is 5.82 Å². The van der Waals surface area contributed by atoms with E-state index in [9.17, 15) is 0 Å². The molecule has 5 nitrogen and oxygen atoms in total. The van der Waals surface area contributed by atoms with Gasteiger partial charge in [-0.1, -0.05) is 6.42 Å². The molecule has 82 valence electrons. The van der Waals surface area contributed by atoms with E-state index < -0.39 is 0 Å². The molecule has 1 aromatic rings. The third kappa shape index (κ3) is 2.79. The normalized spacial score (nSPS) is 17.4. The van der Waals surface area contributed by atoms with E-state index >= 15 is 0 Å².